The number of aliphatic carboxylic acids is 1. The molecule has 0 spiro atoms. The van der Waals surface area contributed by atoms with Crippen molar-refractivity contribution in [3.63, 3.8) is 0 Å². The number of nitrogens with one attached hydrogen (secondary N) is 1. The first-order chi connectivity index (χ1) is 12.6. The molecule has 26 heavy (non-hydrogen) atoms. The second-order valence-electron chi connectivity index (χ2n) is 6.91. The number of hydrogen-bond acceptors (Lipinski definition) is 3. The van der Waals surface area contributed by atoms with Crippen molar-refractivity contribution < 1.29 is 19.5 Å². The average Bonchev–Trinajstić information content (AvgIpc) is 2.68. The Kier molecular flexibility index (Phi) is 5.71. The Morgan fingerprint density at radius 2 is 1.54 bits per heavy atom. The number of carboxylic acids is 1. The van der Waals surface area contributed by atoms with Crippen LogP contribution in [0.15, 0.2) is 36.4 Å². The number of hydrogen-bond donors (Lipinski definition) is 2. The molecule has 1 aromatic rings. The summed E-state index contributed by atoms with van der Waals surface area (Å²) in [5.74, 6) is -2.49. The lowest BCUT2D eigenvalue weighted by Gasteiger charge is -2.27. The van der Waals surface area contributed by atoms with Crippen LogP contribution in [0.1, 0.15) is 42.5 Å². The molecule has 6 nitrogen and oxygen atoms in total. The third kappa shape index (κ3) is 4.12. The van der Waals surface area contributed by atoms with E-state index in [0.29, 0.717) is 24.1 Å². The first kappa shape index (κ1) is 18.2. The lowest BCUT2D eigenvalue weighted by molar-refractivity contribution is -0.146. The van der Waals surface area contributed by atoms with Gasteiger partial charge >= 0.3 is 5.97 Å². The van der Waals surface area contributed by atoms with Gasteiger partial charge in [0.2, 0.25) is 5.91 Å². The molecule has 0 saturated carbocycles. The topological polar surface area (TPSA) is 86.7 Å². The molecular formula is C20H24N2O4. The number of allylic oxidation sites excluding steroid dienone is 2. The molecule has 1 fully saturated rings. The van der Waals surface area contributed by atoms with Crippen LogP contribution >= 0.6 is 0 Å². The van der Waals surface area contributed by atoms with E-state index in [1.165, 1.54) is 6.42 Å². The maximum Gasteiger partial charge on any atom is 0.307 e. The quantitative estimate of drug-likeness (QED) is 0.812. The largest absolute Gasteiger partial charge is 0.481 e. The number of amides is 2. The van der Waals surface area contributed by atoms with Gasteiger partial charge in [-0.05, 0) is 56.4 Å². The van der Waals surface area contributed by atoms with Crippen LogP contribution in [0.4, 0.5) is 5.69 Å². The maximum absolute atomic E-state index is 12.5. The van der Waals surface area contributed by atoms with E-state index in [9.17, 15) is 19.5 Å². The van der Waals surface area contributed by atoms with Crippen molar-refractivity contribution in [2.75, 3.05) is 18.4 Å². The van der Waals surface area contributed by atoms with Gasteiger partial charge in [0.05, 0.1) is 11.8 Å². The smallest absolute Gasteiger partial charge is 0.307 e. The molecule has 1 heterocycles. The number of anilines is 1. The maximum atomic E-state index is 12.5. The van der Waals surface area contributed by atoms with Gasteiger partial charge in [-0.3, -0.25) is 14.4 Å². The molecule has 2 amide bonds. The van der Waals surface area contributed by atoms with Crippen LogP contribution in [0.2, 0.25) is 0 Å². The molecular weight excluding hydrogens is 332 g/mol. The SMILES string of the molecule is O=C(O)[C@H]1CC=CC[C@H]1C(=O)Nc1ccc(C(=O)N2CCCCC2)cc1. The van der Waals surface area contributed by atoms with Gasteiger partial charge in [-0.25, -0.2) is 0 Å². The third-order valence-corrected chi connectivity index (χ3v) is 5.13. The van der Waals surface area contributed by atoms with Crippen LogP contribution in [0.25, 0.3) is 0 Å². The Hall–Kier alpha value is -2.63. The number of likely N-dealkylation sites (tertiary alicyclic amines) is 1. The van der Waals surface area contributed by atoms with Crippen LogP contribution < -0.4 is 5.32 Å². The van der Waals surface area contributed by atoms with Gasteiger partial charge < -0.3 is 15.3 Å². The minimum absolute atomic E-state index is 0.0194. The van der Waals surface area contributed by atoms with E-state index in [2.05, 4.69) is 5.32 Å². The molecule has 1 aliphatic carbocycles. The monoisotopic (exact) mass is 356 g/mol. The van der Waals surface area contributed by atoms with Crippen LogP contribution in [-0.4, -0.2) is 40.9 Å². The molecule has 1 saturated heterocycles. The summed E-state index contributed by atoms with van der Waals surface area (Å²) in [6.45, 7) is 1.59. The average molecular weight is 356 g/mol. The molecule has 0 unspecified atom stereocenters. The zero-order chi connectivity index (χ0) is 18.5. The second-order valence-corrected chi connectivity index (χ2v) is 6.91. The van der Waals surface area contributed by atoms with Crippen LogP contribution in [0.5, 0.6) is 0 Å². The first-order valence-corrected chi connectivity index (χ1v) is 9.14. The van der Waals surface area contributed by atoms with Crippen molar-refractivity contribution in [3.8, 4) is 0 Å². The van der Waals surface area contributed by atoms with Crippen LogP contribution in [0.3, 0.4) is 0 Å². The summed E-state index contributed by atoms with van der Waals surface area (Å²) >= 11 is 0. The summed E-state index contributed by atoms with van der Waals surface area (Å²) < 4.78 is 0. The van der Waals surface area contributed by atoms with Crippen LogP contribution in [-0.2, 0) is 9.59 Å². The van der Waals surface area contributed by atoms with Gasteiger partial charge in [-0.15, -0.1) is 0 Å². The molecule has 0 radical (unpaired) electrons. The summed E-state index contributed by atoms with van der Waals surface area (Å²) in [7, 11) is 0. The second kappa shape index (κ2) is 8.17. The van der Waals surface area contributed by atoms with E-state index in [1.54, 1.807) is 24.3 Å². The summed E-state index contributed by atoms with van der Waals surface area (Å²) in [5, 5.41) is 12.1. The number of benzene rings is 1. The molecule has 2 aliphatic rings. The number of piperidine rings is 1. The van der Waals surface area contributed by atoms with E-state index in [4.69, 9.17) is 0 Å². The predicted octanol–water partition coefficient (Wildman–Crippen LogP) is 2.92. The highest BCUT2D eigenvalue weighted by molar-refractivity contribution is 5.97. The lowest BCUT2D eigenvalue weighted by atomic mass is 9.82. The number of carboxylic acid groups (broad SMARTS) is 1. The van der Waals surface area contributed by atoms with E-state index in [-0.39, 0.29) is 11.8 Å². The standard InChI is InChI=1S/C20H24N2O4/c23-18(16-6-2-3-7-17(16)20(25)26)21-15-10-8-14(9-11-15)19(24)22-12-4-1-5-13-22/h2-3,8-11,16-17H,1,4-7,12-13H2,(H,21,23)(H,25,26)/t16-,17+/m1/s1. The van der Waals surface area contributed by atoms with Crippen molar-refractivity contribution in [2.24, 2.45) is 11.8 Å². The molecule has 138 valence electrons. The highest BCUT2D eigenvalue weighted by atomic mass is 16.4. The number of rotatable bonds is 4. The Morgan fingerprint density at radius 3 is 2.15 bits per heavy atom. The van der Waals surface area contributed by atoms with E-state index < -0.39 is 17.8 Å². The molecule has 3 rings (SSSR count). The normalized spacial score (nSPS) is 22.7. The molecule has 6 heteroatoms. The van der Waals surface area contributed by atoms with E-state index in [1.807, 2.05) is 17.1 Å². The summed E-state index contributed by atoms with van der Waals surface area (Å²) in [6.07, 6.45) is 7.71. The minimum atomic E-state index is -0.947. The summed E-state index contributed by atoms with van der Waals surface area (Å²) in [5.41, 5.74) is 1.18. The van der Waals surface area contributed by atoms with Gasteiger partial charge in [0, 0.05) is 24.3 Å². The van der Waals surface area contributed by atoms with Crippen molar-refractivity contribution in [1.29, 1.82) is 0 Å². The van der Waals surface area contributed by atoms with Crippen molar-refractivity contribution in [2.45, 2.75) is 32.1 Å². The van der Waals surface area contributed by atoms with Crippen molar-refractivity contribution in [3.05, 3.63) is 42.0 Å². The predicted molar refractivity (Wildman–Crippen MR) is 97.8 cm³/mol. The van der Waals surface area contributed by atoms with Crippen molar-refractivity contribution in [1.82, 2.24) is 4.90 Å². The zero-order valence-electron chi connectivity index (χ0n) is 14.7. The van der Waals surface area contributed by atoms with Gasteiger partial charge in [0.15, 0.2) is 0 Å². The van der Waals surface area contributed by atoms with Gasteiger partial charge in [0.25, 0.3) is 5.91 Å². The molecule has 1 aliphatic heterocycles. The fourth-order valence-electron chi connectivity index (χ4n) is 3.59. The van der Waals surface area contributed by atoms with E-state index >= 15 is 0 Å². The Morgan fingerprint density at radius 1 is 0.923 bits per heavy atom. The minimum Gasteiger partial charge on any atom is -0.481 e. The number of nitrogens with zero attached hydrogens (tertiary/aromatic N) is 1. The van der Waals surface area contributed by atoms with Gasteiger partial charge in [0.1, 0.15) is 0 Å². The Bertz CT molecular complexity index is 705. The highest BCUT2D eigenvalue weighted by Gasteiger charge is 2.33. The lowest BCUT2D eigenvalue weighted by Crippen LogP contribution is -2.35. The fourth-order valence-corrected chi connectivity index (χ4v) is 3.59. The van der Waals surface area contributed by atoms with E-state index in [0.717, 1.165) is 25.9 Å². The van der Waals surface area contributed by atoms with Crippen molar-refractivity contribution >= 4 is 23.5 Å². The molecule has 2 N–H and O–H groups in total. The molecule has 1 aromatic carbocycles. The number of carbonyl (C=O) groups is 3. The third-order valence-electron chi connectivity index (χ3n) is 5.13. The Balaban J connectivity index is 1.63. The molecule has 2 atom stereocenters. The van der Waals surface area contributed by atoms with Gasteiger partial charge in [-0.1, -0.05) is 12.2 Å². The summed E-state index contributed by atoms with van der Waals surface area (Å²) in [4.78, 5) is 38.1. The molecule has 0 aromatic heterocycles. The number of carbonyl (C=O) groups excluding carboxylic acids is 2. The summed E-state index contributed by atoms with van der Waals surface area (Å²) in [6, 6.07) is 6.82. The fraction of sp³-hybridized carbons (Fsp3) is 0.450. The zero-order valence-corrected chi connectivity index (χ0v) is 14.7. The Labute approximate surface area is 152 Å². The van der Waals surface area contributed by atoms with Crippen LogP contribution in [0, 0.1) is 11.8 Å². The van der Waals surface area contributed by atoms with Gasteiger partial charge in [-0.2, -0.15) is 0 Å². The molecule has 0 bridgehead atoms. The first-order valence-electron chi connectivity index (χ1n) is 9.14. The highest BCUT2D eigenvalue weighted by Crippen LogP contribution is 2.27.